The van der Waals surface area contributed by atoms with E-state index >= 15 is 0 Å². The number of thioether (sulfide) groups is 1. The summed E-state index contributed by atoms with van der Waals surface area (Å²) in [6.45, 7) is 6.30. The molecule has 1 unspecified atom stereocenters. The summed E-state index contributed by atoms with van der Waals surface area (Å²) in [6.07, 6.45) is 9.20. The van der Waals surface area contributed by atoms with Crippen LogP contribution in [0, 0.1) is 5.92 Å². The molecule has 1 saturated carbocycles. The van der Waals surface area contributed by atoms with Gasteiger partial charge in [-0.2, -0.15) is 0 Å². The molecular formula is C17H27NOS. The summed E-state index contributed by atoms with van der Waals surface area (Å²) in [5.41, 5.74) is 2.54. The van der Waals surface area contributed by atoms with Crippen LogP contribution in [0.4, 0.5) is 0 Å². The molecule has 1 fully saturated rings. The van der Waals surface area contributed by atoms with E-state index in [2.05, 4.69) is 13.8 Å². The Morgan fingerprint density at radius 2 is 2.10 bits per heavy atom. The Balaban J connectivity index is 1.78. The molecule has 0 aromatic heterocycles. The summed E-state index contributed by atoms with van der Waals surface area (Å²) in [4.78, 5) is 16.9. The van der Waals surface area contributed by atoms with Crippen LogP contribution < -0.4 is 0 Å². The van der Waals surface area contributed by atoms with Crippen LogP contribution in [-0.2, 0) is 4.79 Å². The first-order valence-corrected chi connectivity index (χ1v) is 8.87. The van der Waals surface area contributed by atoms with E-state index in [-0.39, 0.29) is 5.25 Å². The fourth-order valence-corrected chi connectivity index (χ4v) is 3.66. The van der Waals surface area contributed by atoms with E-state index < -0.39 is 0 Å². The largest absolute Gasteiger partial charge is 0.298 e. The number of Topliss-reactive ketones (excluding diaryl/α,β-unsaturated/α-hetero) is 1. The molecule has 0 bridgehead atoms. The molecule has 2 rings (SSSR count). The third-order valence-electron chi connectivity index (χ3n) is 4.35. The molecule has 20 heavy (non-hydrogen) atoms. The molecule has 2 aliphatic rings. The van der Waals surface area contributed by atoms with Gasteiger partial charge < -0.3 is 0 Å². The summed E-state index contributed by atoms with van der Waals surface area (Å²) in [5.74, 6) is 1.34. The molecule has 0 aromatic carbocycles. The standard InChI is InChI=1S/C17H27NOS/c1-12-6-4-9-17(18-13(12)2)20-14(3)16(19)8-5-7-15-10-11-15/h14-15H,4-11H2,1-3H3. The number of carbonyl (C=O) groups excluding carboxylic acids is 1. The molecule has 3 heteroatoms. The minimum atomic E-state index is 0.0687. The lowest BCUT2D eigenvalue weighted by Crippen LogP contribution is -2.15. The monoisotopic (exact) mass is 293 g/mol. The Bertz CT molecular complexity index is 421. The maximum Gasteiger partial charge on any atom is 0.145 e. The zero-order valence-electron chi connectivity index (χ0n) is 13.1. The molecule has 1 atom stereocenters. The van der Waals surface area contributed by atoms with Gasteiger partial charge in [0.25, 0.3) is 0 Å². The van der Waals surface area contributed by atoms with Crippen LogP contribution in [0.5, 0.6) is 0 Å². The number of hydrogen-bond acceptors (Lipinski definition) is 3. The Hall–Kier alpha value is -0.570. The Morgan fingerprint density at radius 1 is 1.35 bits per heavy atom. The van der Waals surface area contributed by atoms with Crippen molar-refractivity contribution in [1.29, 1.82) is 0 Å². The number of hydrogen-bond donors (Lipinski definition) is 0. The van der Waals surface area contributed by atoms with Gasteiger partial charge in [0, 0.05) is 12.1 Å². The summed E-state index contributed by atoms with van der Waals surface area (Å²) in [6, 6.07) is 0. The second-order valence-electron chi connectivity index (χ2n) is 6.29. The van der Waals surface area contributed by atoms with Gasteiger partial charge in [0.05, 0.1) is 10.3 Å². The summed E-state index contributed by atoms with van der Waals surface area (Å²) in [7, 11) is 0. The van der Waals surface area contributed by atoms with Gasteiger partial charge in [0.1, 0.15) is 5.78 Å². The van der Waals surface area contributed by atoms with E-state index in [1.165, 1.54) is 24.8 Å². The summed E-state index contributed by atoms with van der Waals surface area (Å²) >= 11 is 1.69. The molecule has 0 spiro atoms. The van der Waals surface area contributed by atoms with Gasteiger partial charge in [-0.1, -0.05) is 36.6 Å². The van der Waals surface area contributed by atoms with Crippen molar-refractivity contribution in [3.63, 3.8) is 0 Å². The number of ketones is 1. The maximum absolute atomic E-state index is 12.2. The molecule has 0 N–H and O–H groups in total. The zero-order chi connectivity index (χ0) is 14.5. The fourth-order valence-electron chi connectivity index (χ4n) is 2.55. The molecule has 0 saturated heterocycles. The Kier molecular flexibility index (Phi) is 5.88. The van der Waals surface area contributed by atoms with E-state index in [0.717, 1.165) is 48.8 Å². The third kappa shape index (κ3) is 5.08. The number of carbonyl (C=O) groups is 1. The highest BCUT2D eigenvalue weighted by Crippen LogP contribution is 2.34. The van der Waals surface area contributed by atoms with Gasteiger partial charge in [-0.05, 0) is 52.4 Å². The minimum Gasteiger partial charge on any atom is -0.298 e. The normalized spacial score (nSPS) is 21.4. The number of nitrogens with zero attached hydrogens (tertiary/aromatic N) is 1. The SMILES string of the molecule is CC1=C(C)N=C(SC(C)C(=O)CCCC2CC2)CCC1. The first kappa shape index (κ1) is 15.8. The van der Waals surface area contributed by atoms with Crippen LogP contribution in [0.3, 0.4) is 0 Å². The minimum absolute atomic E-state index is 0.0687. The van der Waals surface area contributed by atoms with Crippen LogP contribution in [-0.4, -0.2) is 16.1 Å². The zero-order valence-corrected chi connectivity index (χ0v) is 13.9. The number of allylic oxidation sites excluding steroid dienone is 2. The predicted molar refractivity (Wildman–Crippen MR) is 88.3 cm³/mol. The molecule has 0 radical (unpaired) electrons. The van der Waals surface area contributed by atoms with Crippen molar-refractivity contribution in [1.82, 2.24) is 0 Å². The first-order valence-electron chi connectivity index (χ1n) is 7.99. The van der Waals surface area contributed by atoms with Gasteiger partial charge >= 0.3 is 0 Å². The van der Waals surface area contributed by atoms with Gasteiger partial charge in [-0.25, -0.2) is 0 Å². The van der Waals surface area contributed by atoms with Crippen LogP contribution in [0.25, 0.3) is 0 Å². The number of rotatable bonds is 6. The molecule has 1 heterocycles. The van der Waals surface area contributed by atoms with Crippen molar-refractivity contribution in [2.45, 2.75) is 77.4 Å². The highest BCUT2D eigenvalue weighted by Gasteiger charge is 2.22. The molecule has 112 valence electrons. The van der Waals surface area contributed by atoms with E-state index in [1.54, 1.807) is 11.8 Å². The molecule has 1 aliphatic carbocycles. The molecule has 1 aliphatic heterocycles. The van der Waals surface area contributed by atoms with Crippen LogP contribution in [0.15, 0.2) is 16.3 Å². The molecular weight excluding hydrogens is 266 g/mol. The van der Waals surface area contributed by atoms with Gasteiger partial charge in [0.2, 0.25) is 0 Å². The predicted octanol–water partition coefficient (Wildman–Crippen LogP) is 5.13. The van der Waals surface area contributed by atoms with Crippen molar-refractivity contribution >= 4 is 22.6 Å². The van der Waals surface area contributed by atoms with E-state index in [4.69, 9.17) is 4.99 Å². The highest BCUT2D eigenvalue weighted by molar-refractivity contribution is 8.15. The Labute approximate surface area is 127 Å². The van der Waals surface area contributed by atoms with E-state index in [1.807, 2.05) is 6.92 Å². The second kappa shape index (κ2) is 7.44. The lowest BCUT2D eigenvalue weighted by Gasteiger charge is -2.11. The van der Waals surface area contributed by atoms with Gasteiger partial charge in [0.15, 0.2) is 0 Å². The van der Waals surface area contributed by atoms with Crippen molar-refractivity contribution in [2.75, 3.05) is 0 Å². The topological polar surface area (TPSA) is 29.4 Å². The van der Waals surface area contributed by atoms with Crippen molar-refractivity contribution in [3.8, 4) is 0 Å². The molecule has 0 amide bonds. The van der Waals surface area contributed by atoms with Gasteiger partial charge in [-0.15, -0.1) is 0 Å². The van der Waals surface area contributed by atoms with Crippen LogP contribution in [0.1, 0.15) is 72.1 Å². The Morgan fingerprint density at radius 3 is 2.80 bits per heavy atom. The first-order chi connectivity index (χ1) is 9.56. The molecule has 2 nitrogen and oxygen atoms in total. The lowest BCUT2D eigenvalue weighted by atomic mass is 10.1. The van der Waals surface area contributed by atoms with Crippen LogP contribution >= 0.6 is 11.8 Å². The molecule has 0 aromatic rings. The van der Waals surface area contributed by atoms with Crippen molar-refractivity contribution < 1.29 is 4.79 Å². The summed E-state index contributed by atoms with van der Waals surface area (Å²) < 4.78 is 0. The summed E-state index contributed by atoms with van der Waals surface area (Å²) in [5, 5.41) is 1.22. The van der Waals surface area contributed by atoms with Crippen molar-refractivity contribution in [3.05, 3.63) is 11.3 Å². The number of aliphatic imine (C=N–C) groups is 1. The van der Waals surface area contributed by atoms with Gasteiger partial charge in [-0.3, -0.25) is 9.79 Å². The average Bonchev–Trinajstić information content (AvgIpc) is 3.22. The van der Waals surface area contributed by atoms with Crippen molar-refractivity contribution in [2.24, 2.45) is 10.9 Å². The smallest absolute Gasteiger partial charge is 0.145 e. The fraction of sp³-hybridized carbons (Fsp3) is 0.765. The van der Waals surface area contributed by atoms with E-state index in [0.29, 0.717) is 5.78 Å². The highest BCUT2D eigenvalue weighted by atomic mass is 32.2. The average molecular weight is 293 g/mol. The third-order valence-corrected chi connectivity index (χ3v) is 5.54. The lowest BCUT2D eigenvalue weighted by molar-refractivity contribution is -0.118. The maximum atomic E-state index is 12.2. The van der Waals surface area contributed by atoms with Crippen LogP contribution in [0.2, 0.25) is 0 Å². The quantitative estimate of drug-likeness (QED) is 0.679. The second-order valence-corrected chi connectivity index (χ2v) is 7.70. The van der Waals surface area contributed by atoms with E-state index in [9.17, 15) is 4.79 Å².